The van der Waals surface area contributed by atoms with Gasteiger partial charge in [-0.1, -0.05) is 0 Å². The molecule has 0 spiro atoms. The van der Waals surface area contributed by atoms with Gasteiger partial charge in [0.25, 0.3) is 5.91 Å². The van der Waals surface area contributed by atoms with E-state index in [1.165, 1.54) is 35.1 Å². The first-order valence-corrected chi connectivity index (χ1v) is 9.37. The van der Waals surface area contributed by atoms with E-state index in [1.54, 1.807) is 0 Å². The minimum Gasteiger partial charge on any atom is -0.440 e. The van der Waals surface area contributed by atoms with Crippen molar-refractivity contribution in [1.29, 1.82) is 5.26 Å². The third-order valence-electron chi connectivity index (χ3n) is 4.80. The van der Waals surface area contributed by atoms with Crippen LogP contribution in [0.25, 0.3) is 0 Å². The molecular formula is C19H18F4N6O3. The normalized spacial score (nSPS) is 18.7. The highest BCUT2D eigenvalue weighted by Crippen LogP contribution is 2.30. The number of rotatable bonds is 5. The van der Waals surface area contributed by atoms with Crippen LogP contribution in [0.1, 0.15) is 22.8 Å². The Labute approximate surface area is 179 Å². The number of hydrogen-bond acceptors (Lipinski definition) is 6. The fourth-order valence-corrected chi connectivity index (χ4v) is 3.29. The summed E-state index contributed by atoms with van der Waals surface area (Å²) in [6, 6.07) is 6.72. The van der Waals surface area contributed by atoms with Crippen molar-refractivity contribution in [3.8, 4) is 6.07 Å². The number of hydrogen-bond donors (Lipinski definition) is 2. The average Bonchev–Trinajstić information content (AvgIpc) is 3.16. The van der Waals surface area contributed by atoms with Crippen molar-refractivity contribution in [3.63, 3.8) is 0 Å². The smallest absolute Gasteiger partial charge is 0.422 e. The number of ether oxygens (including phenoxy) is 1. The molecule has 0 unspecified atom stereocenters. The number of likely N-dealkylation sites (tertiary alicyclic amines) is 1. The Kier molecular flexibility index (Phi) is 6.52. The van der Waals surface area contributed by atoms with Crippen molar-refractivity contribution in [2.45, 2.75) is 18.6 Å². The van der Waals surface area contributed by atoms with Crippen molar-refractivity contribution in [2.75, 3.05) is 25.0 Å². The van der Waals surface area contributed by atoms with Crippen LogP contribution in [0.4, 0.5) is 33.9 Å². The molecule has 0 saturated carbocycles. The van der Waals surface area contributed by atoms with E-state index in [-0.39, 0.29) is 30.9 Å². The number of nitrogens with two attached hydrogens (primary N) is 1. The summed E-state index contributed by atoms with van der Waals surface area (Å²) in [5.41, 5.74) is 5.88. The maximum Gasteiger partial charge on any atom is 0.422 e. The number of halogens is 4. The van der Waals surface area contributed by atoms with Gasteiger partial charge in [-0.15, -0.1) is 0 Å². The van der Waals surface area contributed by atoms with Gasteiger partial charge >= 0.3 is 12.3 Å². The lowest BCUT2D eigenvalue weighted by molar-refractivity contribution is -0.162. The first-order chi connectivity index (χ1) is 15.1. The Hall–Kier alpha value is -3.82. The Morgan fingerprint density at radius 1 is 1.31 bits per heavy atom. The summed E-state index contributed by atoms with van der Waals surface area (Å²) in [7, 11) is 0. The van der Waals surface area contributed by atoms with Gasteiger partial charge in [-0.2, -0.15) is 23.5 Å². The predicted molar refractivity (Wildman–Crippen MR) is 102 cm³/mol. The quantitative estimate of drug-likeness (QED) is 0.669. The summed E-state index contributed by atoms with van der Waals surface area (Å²) < 4.78 is 55.5. The summed E-state index contributed by atoms with van der Waals surface area (Å²) in [5, 5.41) is 16.7. The highest BCUT2D eigenvalue weighted by atomic mass is 19.4. The van der Waals surface area contributed by atoms with Crippen LogP contribution in [-0.4, -0.2) is 52.6 Å². The van der Waals surface area contributed by atoms with Crippen LogP contribution in [0.15, 0.2) is 30.5 Å². The maximum atomic E-state index is 13.1. The Morgan fingerprint density at radius 2 is 2.00 bits per heavy atom. The number of carbonyl (C=O) groups excluding carboxylic acids is 2. The number of amides is 2. The zero-order valence-corrected chi connectivity index (χ0v) is 16.5. The van der Waals surface area contributed by atoms with Crippen molar-refractivity contribution in [1.82, 2.24) is 14.7 Å². The molecule has 2 amide bonds. The molecule has 1 aliphatic heterocycles. The van der Waals surface area contributed by atoms with Crippen LogP contribution < -0.4 is 11.1 Å². The number of carbonyl (C=O) groups is 2. The molecule has 13 heteroatoms. The molecule has 0 aliphatic carbocycles. The molecule has 2 heterocycles. The number of nitrogens with one attached hydrogen (secondary N) is 1. The van der Waals surface area contributed by atoms with Crippen molar-refractivity contribution in [2.24, 2.45) is 11.7 Å². The number of benzene rings is 1. The van der Waals surface area contributed by atoms with E-state index in [0.717, 1.165) is 4.90 Å². The number of nitriles is 1. The molecule has 2 atom stereocenters. The second kappa shape index (κ2) is 9.13. The summed E-state index contributed by atoms with van der Waals surface area (Å²) in [4.78, 5) is 24.8. The first-order valence-electron chi connectivity index (χ1n) is 9.37. The van der Waals surface area contributed by atoms with Gasteiger partial charge in [-0.3, -0.25) is 9.48 Å². The van der Waals surface area contributed by atoms with Gasteiger partial charge in [-0.05, 0) is 30.7 Å². The molecular weight excluding hydrogens is 436 g/mol. The molecule has 2 aromatic rings. The molecule has 170 valence electrons. The molecule has 1 fully saturated rings. The maximum absolute atomic E-state index is 13.1. The molecule has 0 bridgehead atoms. The summed E-state index contributed by atoms with van der Waals surface area (Å²) >= 11 is 0. The van der Waals surface area contributed by atoms with Gasteiger partial charge in [0.1, 0.15) is 11.4 Å². The van der Waals surface area contributed by atoms with E-state index in [4.69, 9.17) is 5.73 Å². The highest BCUT2D eigenvalue weighted by molar-refractivity contribution is 5.98. The number of anilines is 2. The third kappa shape index (κ3) is 5.45. The monoisotopic (exact) mass is 454 g/mol. The Bertz CT molecular complexity index is 1030. The lowest BCUT2D eigenvalue weighted by Gasteiger charge is -2.34. The molecule has 1 aromatic carbocycles. The number of alkyl halides is 3. The van der Waals surface area contributed by atoms with E-state index in [9.17, 15) is 32.4 Å². The van der Waals surface area contributed by atoms with Crippen LogP contribution in [-0.2, 0) is 4.74 Å². The van der Waals surface area contributed by atoms with E-state index >= 15 is 0 Å². The minimum atomic E-state index is -4.66. The number of piperidine rings is 1. The number of aromatic nitrogens is 2. The van der Waals surface area contributed by atoms with Crippen molar-refractivity contribution >= 4 is 23.5 Å². The fraction of sp³-hybridized carbons (Fsp3) is 0.368. The second-order valence-electron chi connectivity index (χ2n) is 7.07. The lowest BCUT2D eigenvalue weighted by Crippen LogP contribution is -2.45. The molecule has 32 heavy (non-hydrogen) atoms. The molecule has 3 rings (SSSR count). The molecule has 9 nitrogen and oxygen atoms in total. The van der Waals surface area contributed by atoms with Gasteiger partial charge < -0.3 is 20.7 Å². The molecule has 1 aromatic heterocycles. The molecule has 1 saturated heterocycles. The van der Waals surface area contributed by atoms with E-state index in [1.807, 2.05) is 6.07 Å². The predicted octanol–water partition coefficient (Wildman–Crippen LogP) is 2.95. The molecule has 1 aliphatic rings. The van der Waals surface area contributed by atoms with E-state index < -0.39 is 42.6 Å². The molecule has 3 N–H and O–H groups in total. The lowest BCUT2D eigenvalue weighted by atomic mass is 9.94. The summed E-state index contributed by atoms with van der Waals surface area (Å²) in [6.45, 7) is -1.88. The van der Waals surface area contributed by atoms with Crippen LogP contribution in [0.5, 0.6) is 0 Å². The van der Waals surface area contributed by atoms with Crippen LogP contribution in [0, 0.1) is 23.1 Å². The van der Waals surface area contributed by atoms with Gasteiger partial charge in [0.15, 0.2) is 12.4 Å². The Balaban J connectivity index is 1.76. The highest BCUT2D eigenvalue weighted by Gasteiger charge is 2.36. The summed E-state index contributed by atoms with van der Waals surface area (Å²) in [5.74, 6) is -1.98. The third-order valence-corrected chi connectivity index (χ3v) is 4.80. The fourth-order valence-electron chi connectivity index (χ4n) is 3.29. The van der Waals surface area contributed by atoms with Gasteiger partial charge in [-0.25, -0.2) is 9.18 Å². The van der Waals surface area contributed by atoms with Gasteiger partial charge in [0.2, 0.25) is 0 Å². The van der Waals surface area contributed by atoms with E-state index in [0.29, 0.717) is 5.69 Å². The number of primary amides is 1. The van der Waals surface area contributed by atoms with Crippen molar-refractivity contribution < 1.29 is 31.9 Å². The zero-order chi connectivity index (χ0) is 23.5. The van der Waals surface area contributed by atoms with E-state index in [2.05, 4.69) is 15.2 Å². The minimum absolute atomic E-state index is 0.0199. The molecule has 0 radical (unpaired) electrons. The van der Waals surface area contributed by atoms with Gasteiger partial charge in [0.05, 0.1) is 18.0 Å². The SMILES string of the molecule is N#C[C@H]1CN(C(=O)OCC(F)(F)F)CC[C@@H]1n1cc(C(N)=O)c(Nc2ccc(F)cc2)n1. The van der Waals surface area contributed by atoms with Crippen LogP contribution >= 0.6 is 0 Å². The van der Waals surface area contributed by atoms with Gasteiger partial charge in [0, 0.05) is 25.0 Å². The van der Waals surface area contributed by atoms with Crippen molar-refractivity contribution in [3.05, 3.63) is 41.8 Å². The topological polar surface area (TPSA) is 126 Å². The Morgan fingerprint density at radius 3 is 2.59 bits per heavy atom. The second-order valence-corrected chi connectivity index (χ2v) is 7.07. The standard InChI is InChI=1S/C19H18F4N6O3/c20-12-1-3-13(4-2-12)26-17-14(16(25)30)9-29(27-17)15-5-6-28(8-11(15)7-24)18(31)32-10-19(21,22)23/h1-4,9,11,15H,5-6,8,10H2,(H2,25,30)(H,26,27)/t11-,15-/m0/s1. The average molecular weight is 454 g/mol. The largest absolute Gasteiger partial charge is 0.440 e. The first kappa shape index (κ1) is 22.9. The zero-order valence-electron chi connectivity index (χ0n) is 16.5. The van der Waals surface area contributed by atoms with Crippen LogP contribution in [0.3, 0.4) is 0 Å². The summed E-state index contributed by atoms with van der Waals surface area (Å²) in [6.07, 6.45) is -4.30. The number of nitrogens with zero attached hydrogens (tertiary/aromatic N) is 4. The van der Waals surface area contributed by atoms with Crippen LogP contribution in [0.2, 0.25) is 0 Å².